The molecule has 5 nitrogen and oxygen atoms in total. The van der Waals surface area contributed by atoms with Gasteiger partial charge in [0.05, 0.1) is 17.7 Å². The lowest BCUT2D eigenvalue weighted by atomic mass is 10.1. The SMILES string of the molecule is CO[C@H]1CN(C(C)C)C[C@@H]1NC(=O)c1cc(C)oc1C. The number of methoxy groups -OCH3 is 1. The van der Waals surface area contributed by atoms with Crippen molar-refractivity contribution in [2.45, 2.75) is 45.9 Å². The molecule has 1 aromatic rings. The summed E-state index contributed by atoms with van der Waals surface area (Å²) in [6, 6.07) is 2.25. The van der Waals surface area contributed by atoms with Crippen molar-refractivity contribution < 1.29 is 13.9 Å². The van der Waals surface area contributed by atoms with E-state index in [-0.39, 0.29) is 18.1 Å². The second-order valence-electron chi connectivity index (χ2n) is 5.73. The number of nitrogens with zero attached hydrogens (tertiary/aromatic N) is 1. The molecule has 1 aromatic heterocycles. The van der Waals surface area contributed by atoms with Crippen LogP contribution < -0.4 is 5.32 Å². The van der Waals surface area contributed by atoms with Crippen molar-refractivity contribution in [2.24, 2.45) is 0 Å². The van der Waals surface area contributed by atoms with Crippen LogP contribution in [-0.4, -0.2) is 49.2 Å². The molecule has 112 valence electrons. The number of furan rings is 1. The third-order valence-electron chi connectivity index (χ3n) is 3.93. The minimum Gasteiger partial charge on any atom is -0.466 e. The summed E-state index contributed by atoms with van der Waals surface area (Å²) < 4.78 is 10.9. The summed E-state index contributed by atoms with van der Waals surface area (Å²) in [5, 5.41) is 3.07. The van der Waals surface area contributed by atoms with Crippen molar-refractivity contribution in [1.82, 2.24) is 10.2 Å². The van der Waals surface area contributed by atoms with Crippen molar-refractivity contribution in [2.75, 3.05) is 20.2 Å². The highest BCUT2D eigenvalue weighted by atomic mass is 16.5. The fourth-order valence-electron chi connectivity index (χ4n) is 2.70. The lowest BCUT2D eigenvalue weighted by Crippen LogP contribution is -2.43. The first kappa shape index (κ1) is 15.1. The van der Waals surface area contributed by atoms with Crippen LogP contribution in [0.5, 0.6) is 0 Å². The molecule has 2 heterocycles. The maximum absolute atomic E-state index is 12.3. The summed E-state index contributed by atoms with van der Waals surface area (Å²) in [5.74, 6) is 1.33. The molecule has 0 aliphatic carbocycles. The Morgan fingerprint density at radius 2 is 2.15 bits per heavy atom. The van der Waals surface area contributed by atoms with Crippen molar-refractivity contribution in [3.8, 4) is 0 Å². The third kappa shape index (κ3) is 3.04. The van der Waals surface area contributed by atoms with Gasteiger partial charge in [-0.15, -0.1) is 0 Å². The monoisotopic (exact) mass is 280 g/mol. The third-order valence-corrected chi connectivity index (χ3v) is 3.93. The summed E-state index contributed by atoms with van der Waals surface area (Å²) in [6.07, 6.45) is 0.0367. The summed E-state index contributed by atoms with van der Waals surface area (Å²) in [7, 11) is 1.70. The summed E-state index contributed by atoms with van der Waals surface area (Å²) >= 11 is 0. The molecule has 0 spiro atoms. The Balaban J connectivity index is 2.05. The molecule has 1 amide bonds. The molecule has 1 N–H and O–H groups in total. The zero-order valence-corrected chi connectivity index (χ0v) is 12.9. The van der Waals surface area contributed by atoms with Gasteiger partial charge in [-0.25, -0.2) is 0 Å². The summed E-state index contributed by atoms with van der Waals surface area (Å²) in [4.78, 5) is 14.6. The minimum atomic E-state index is -0.0861. The Morgan fingerprint density at radius 3 is 2.65 bits per heavy atom. The first-order valence-corrected chi connectivity index (χ1v) is 7.07. The van der Waals surface area contributed by atoms with Gasteiger partial charge in [-0.3, -0.25) is 9.69 Å². The van der Waals surface area contributed by atoms with Crippen LogP contribution in [0.1, 0.15) is 35.7 Å². The predicted octanol–water partition coefficient (Wildman–Crippen LogP) is 1.73. The number of amides is 1. The number of hydrogen-bond donors (Lipinski definition) is 1. The van der Waals surface area contributed by atoms with E-state index in [0.29, 0.717) is 17.4 Å². The average molecular weight is 280 g/mol. The van der Waals surface area contributed by atoms with Gasteiger partial charge in [-0.05, 0) is 33.8 Å². The lowest BCUT2D eigenvalue weighted by molar-refractivity contribution is 0.0752. The number of hydrogen-bond acceptors (Lipinski definition) is 4. The maximum atomic E-state index is 12.3. The molecule has 2 rings (SSSR count). The fraction of sp³-hybridized carbons (Fsp3) is 0.667. The molecule has 2 atom stereocenters. The number of nitrogens with one attached hydrogen (secondary N) is 1. The number of ether oxygens (including phenoxy) is 1. The second-order valence-corrected chi connectivity index (χ2v) is 5.73. The number of carbonyl (C=O) groups excluding carboxylic acids is 1. The zero-order valence-electron chi connectivity index (χ0n) is 12.9. The lowest BCUT2D eigenvalue weighted by Gasteiger charge is -2.19. The number of aryl methyl sites for hydroxylation is 2. The normalized spacial score (nSPS) is 23.5. The number of rotatable bonds is 4. The molecule has 1 aliphatic heterocycles. The van der Waals surface area contributed by atoms with Gasteiger partial charge in [0, 0.05) is 26.2 Å². The highest BCUT2D eigenvalue weighted by Crippen LogP contribution is 2.18. The van der Waals surface area contributed by atoms with E-state index in [4.69, 9.17) is 9.15 Å². The topological polar surface area (TPSA) is 54.7 Å². The Labute approximate surface area is 120 Å². The standard InChI is InChI=1S/C15H24N2O3/c1-9(2)17-7-13(14(8-17)19-5)16-15(18)12-6-10(3)20-11(12)4/h6,9,13-14H,7-8H2,1-5H3,(H,16,18)/t13-,14-/m0/s1. The van der Waals surface area contributed by atoms with Crippen LogP contribution in [-0.2, 0) is 4.74 Å². The molecule has 1 fully saturated rings. The van der Waals surface area contributed by atoms with Crippen molar-refractivity contribution in [1.29, 1.82) is 0 Å². The van der Waals surface area contributed by atoms with E-state index in [1.54, 1.807) is 13.2 Å². The van der Waals surface area contributed by atoms with Gasteiger partial charge in [-0.2, -0.15) is 0 Å². The Bertz CT molecular complexity index is 481. The predicted molar refractivity (Wildman–Crippen MR) is 76.9 cm³/mol. The van der Waals surface area contributed by atoms with Crippen molar-refractivity contribution in [3.05, 3.63) is 23.2 Å². The van der Waals surface area contributed by atoms with Crippen LogP contribution in [0.25, 0.3) is 0 Å². The highest BCUT2D eigenvalue weighted by molar-refractivity contribution is 5.95. The largest absolute Gasteiger partial charge is 0.466 e. The maximum Gasteiger partial charge on any atom is 0.255 e. The van der Waals surface area contributed by atoms with Crippen molar-refractivity contribution >= 4 is 5.91 Å². The van der Waals surface area contributed by atoms with Crippen LogP contribution in [0.3, 0.4) is 0 Å². The molecule has 0 aromatic carbocycles. The van der Waals surface area contributed by atoms with Gasteiger partial charge in [0.15, 0.2) is 0 Å². The summed E-state index contributed by atoms with van der Waals surface area (Å²) in [6.45, 7) is 9.63. The molecule has 5 heteroatoms. The van der Waals surface area contributed by atoms with E-state index in [1.165, 1.54) is 0 Å². The molecule has 1 saturated heterocycles. The smallest absolute Gasteiger partial charge is 0.255 e. The van der Waals surface area contributed by atoms with Crippen LogP contribution in [0.4, 0.5) is 0 Å². The first-order chi connectivity index (χ1) is 9.42. The molecule has 0 unspecified atom stereocenters. The first-order valence-electron chi connectivity index (χ1n) is 7.07. The minimum absolute atomic E-state index is 0.0181. The van der Waals surface area contributed by atoms with E-state index in [9.17, 15) is 4.79 Å². The van der Waals surface area contributed by atoms with E-state index in [0.717, 1.165) is 18.8 Å². The molecular weight excluding hydrogens is 256 g/mol. The highest BCUT2D eigenvalue weighted by Gasteiger charge is 2.35. The van der Waals surface area contributed by atoms with E-state index in [2.05, 4.69) is 24.1 Å². The Morgan fingerprint density at radius 1 is 1.45 bits per heavy atom. The molecule has 0 saturated carbocycles. The van der Waals surface area contributed by atoms with Gasteiger partial charge in [0.1, 0.15) is 11.5 Å². The Kier molecular flexibility index (Phi) is 4.50. The van der Waals surface area contributed by atoms with Gasteiger partial charge in [-0.1, -0.05) is 0 Å². The van der Waals surface area contributed by atoms with E-state index >= 15 is 0 Å². The molecule has 0 bridgehead atoms. The van der Waals surface area contributed by atoms with Gasteiger partial charge >= 0.3 is 0 Å². The summed E-state index contributed by atoms with van der Waals surface area (Å²) in [5.41, 5.74) is 0.611. The Hall–Kier alpha value is -1.33. The van der Waals surface area contributed by atoms with Gasteiger partial charge in [0.25, 0.3) is 5.91 Å². The fourth-order valence-corrected chi connectivity index (χ4v) is 2.70. The molecule has 20 heavy (non-hydrogen) atoms. The average Bonchev–Trinajstić information content (AvgIpc) is 2.92. The van der Waals surface area contributed by atoms with Crippen molar-refractivity contribution in [3.63, 3.8) is 0 Å². The van der Waals surface area contributed by atoms with E-state index < -0.39 is 0 Å². The van der Waals surface area contributed by atoms with E-state index in [1.807, 2.05) is 13.8 Å². The van der Waals surface area contributed by atoms with Gasteiger partial charge in [0.2, 0.25) is 0 Å². The van der Waals surface area contributed by atoms with Crippen LogP contribution in [0, 0.1) is 13.8 Å². The van der Waals surface area contributed by atoms with Crippen LogP contribution in [0.2, 0.25) is 0 Å². The molecular formula is C15H24N2O3. The van der Waals surface area contributed by atoms with Crippen LogP contribution in [0.15, 0.2) is 10.5 Å². The van der Waals surface area contributed by atoms with Crippen LogP contribution >= 0.6 is 0 Å². The number of likely N-dealkylation sites (tertiary alicyclic amines) is 1. The quantitative estimate of drug-likeness (QED) is 0.912. The van der Waals surface area contributed by atoms with Gasteiger partial charge < -0.3 is 14.5 Å². The second kappa shape index (κ2) is 5.97. The molecule has 1 aliphatic rings. The number of carbonyl (C=O) groups is 1. The molecule has 0 radical (unpaired) electrons. The zero-order chi connectivity index (χ0) is 14.9.